The first kappa shape index (κ1) is 10.2. The van der Waals surface area contributed by atoms with Crippen molar-refractivity contribution in [3.05, 3.63) is 29.8 Å². The Kier molecular flexibility index (Phi) is 4.45. The van der Waals surface area contributed by atoms with Crippen molar-refractivity contribution in [3.63, 3.8) is 0 Å². The number of hydrogen-bond acceptors (Lipinski definition) is 2. The van der Waals surface area contributed by atoms with E-state index in [1.165, 1.54) is 4.90 Å². The van der Waals surface area contributed by atoms with Crippen LogP contribution in [0.25, 0.3) is 0 Å². The Morgan fingerprint density at radius 1 is 1.38 bits per heavy atom. The van der Waals surface area contributed by atoms with E-state index in [0.717, 1.165) is 12.1 Å². The van der Waals surface area contributed by atoms with Crippen LogP contribution in [0.15, 0.2) is 29.2 Å². The molecule has 0 heterocycles. The molecular formula is C11H13NS. The van der Waals surface area contributed by atoms with Gasteiger partial charge in [0.1, 0.15) is 0 Å². The maximum atomic E-state index is 3.13. The highest BCUT2D eigenvalue weighted by Crippen LogP contribution is 2.18. The van der Waals surface area contributed by atoms with Crippen molar-refractivity contribution >= 4 is 11.8 Å². The van der Waals surface area contributed by atoms with E-state index < -0.39 is 0 Å². The Bertz CT molecular complexity index is 322. The summed E-state index contributed by atoms with van der Waals surface area (Å²) in [4.78, 5) is 1.24. The van der Waals surface area contributed by atoms with Crippen LogP contribution >= 0.6 is 11.8 Å². The molecule has 0 aliphatic carbocycles. The van der Waals surface area contributed by atoms with Crippen LogP contribution in [0.5, 0.6) is 0 Å². The van der Waals surface area contributed by atoms with E-state index in [1.807, 2.05) is 19.2 Å². The van der Waals surface area contributed by atoms with Crippen molar-refractivity contribution in [2.75, 3.05) is 19.8 Å². The minimum atomic E-state index is 0.739. The summed E-state index contributed by atoms with van der Waals surface area (Å²) in [5, 5.41) is 3.00. The van der Waals surface area contributed by atoms with Crippen molar-refractivity contribution in [1.29, 1.82) is 0 Å². The fourth-order valence-corrected chi connectivity index (χ4v) is 1.53. The summed E-state index contributed by atoms with van der Waals surface area (Å²) in [5.41, 5.74) is 1.12. The van der Waals surface area contributed by atoms with E-state index in [0.29, 0.717) is 0 Å². The molecule has 1 aromatic rings. The average Bonchev–Trinajstić information content (AvgIpc) is 2.19. The monoisotopic (exact) mass is 191 g/mol. The Morgan fingerprint density at radius 2 is 2.15 bits per heavy atom. The van der Waals surface area contributed by atoms with Gasteiger partial charge in [-0.3, -0.25) is 0 Å². The molecule has 1 aromatic carbocycles. The van der Waals surface area contributed by atoms with Gasteiger partial charge < -0.3 is 5.32 Å². The second-order valence-corrected chi connectivity index (χ2v) is 3.38. The predicted molar refractivity (Wildman–Crippen MR) is 59.0 cm³/mol. The van der Waals surface area contributed by atoms with E-state index >= 15 is 0 Å². The SMILES string of the molecule is CNCC#Cc1ccccc1SC. The van der Waals surface area contributed by atoms with Crippen molar-refractivity contribution < 1.29 is 0 Å². The maximum Gasteiger partial charge on any atom is 0.0577 e. The van der Waals surface area contributed by atoms with Crippen LogP contribution in [0.4, 0.5) is 0 Å². The van der Waals surface area contributed by atoms with Gasteiger partial charge in [-0.15, -0.1) is 11.8 Å². The fourth-order valence-electron chi connectivity index (χ4n) is 0.976. The summed E-state index contributed by atoms with van der Waals surface area (Å²) in [5.74, 6) is 6.18. The molecular weight excluding hydrogens is 178 g/mol. The molecule has 1 rings (SSSR count). The highest BCUT2D eigenvalue weighted by molar-refractivity contribution is 7.98. The number of hydrogen-bond donors (Lipinski definition) is 1. The zero-order chi connectivity index (χ0) is 9.52. The molecule has 0 amide bonds. The van der Waals surface area contributed by atoms with Crippen LogP contribution in [0.2, 0.25) is 0 Å². The smallest absolute Gasteiger partial charge is 0.0577 e. The first-order chi connectivity index (χ1) is 6.38. The van der Waals surface area contributed by atoms with Crippen molar-refractivity contribution in [1.82, 2.24) is 5.32 Å². The van der Waals surface area contributed by atoms with Crippen LogP contribution in [0.3, 0.4) is 0 Å². The van der Waals surface area contributed by atoms with Crippen LogP contribution in [-0.4, -0.2) is 19.8 Å². The van der Waals surface area contributed by atoms with Gasteiger partial charge in [-0.2, -0.15) is 0 Å². The highest BCUT2D eigenvalue weighted by Gasteiger charge is 1.94. The molecule has 0 aliphatic heterocycles. The van der Waals surface area contributed by atoms with Gasteiger partial charge in [0, 0.05) is 10.5 Å². The molecule has 0 spiro atoms. The first-order valence-corrected chi connectivity index (χ1v) is 5.37. The third kappa shape index (κ3) is 3.14. The highest BCUT2D eigenvalue weighted by atomic mass is 32.2. The van der Waals surface area contributed by atoms with Gasteiger partial charge in [-0.25, -0.2) is 0 Å². The Hall–Kier alpha value is -0.910. The van der Waals surface area contributed by atoms with E-state index in [4.69, 9.17) is 0 Å². The molecule has 0 saturated heterocycles. The molecule has 0 aliphatic rings. The fraction of sp³-hybridized carbons (Fsp3) is 0.273. The van der Waals surface area contributed by atoms with Gasteiger partial charge >= 0.3 is 0 Å². The Balaban J connectivity index is 2.82. The van der Waals surface area contributed by atoms with Gasteiger partial charge in [0.15, 0.2) is 0 Å². The van der Waals surface area contributed by atoms with Crippen molar-refractivity contribution in [2.45, 2.75) is 4.90 Å². The van der Waals surface area contributed by atoms with Crippen molar-refractivity contribution in [3.8, 4) is 11.8 Å². The normalized spacial score (nSPS) is 9.08. The van der Waals surface area contributed by atoms with E-state index in [1.54, 1.807) is 11.8 Å². The molecule has 0 bridgehead atoms. The van der Waals surface area contributed by atoms with E-state index in [2.05, 4.69) is 35.5 Å². The first-order valence-electron chi connectivity index (χ1n) is 4.15. The molecule has 1 N–H and O–H groups in total. The number of benzene rings is 1. The van der Waals surface area contributed by atoms with Gasteiger partial charge in [0.2, 0.25) is 0 Å². The molecule has 0 saturated carbocycles. The average molecular weight is 191 g/mol. The van der Waals surface area contributed by atoms with Crippen LogP contribution in [0.1, 0.15) is 5.56 Å². The number of nitrogens with one attached hydrogen (secondary N) is 1. The van der Waals surface area contributed by atoms with Gasteiger partial charge in [-0.05, 0) is 25.4 Å². The molecule has 0 unspecified atom stereocenters. The molecule has 0 atom stereocenters. The Labute approximate surface area is 83.9 Å². The summed E-state index contributed by atoms with van der Waals surface area (Å²) in [6.45, 7) is 0.739. The standard InChI is InChI=1S/C11H13NS/c1-12-9-5-7-10-6-3-4-8-11(10)13-2/h3-4,6,8,12H,9H2,1-2H3. The second kappa shape index (κ2) is 5.69. The predicted octanol–water partition coefficient (Wildman–Crippen LogP) is 1.98. The van der Waals surface area contributed by atoms with E-state index in [9.17, 15) is 0 Å². The van der Waals surface area contributed by atoms with Crippen molar-refractivity contribution in [2.24, 2.45) is 0 Å². The molecule has 0 fully saturated rings. The molecule has 1 nitrogen and oxygen atoms in total. The third-order valence-corrected chi connectivity index (χ3v) is 2.39. The van der Waals surface area contributed by atoms with Crippen LogP contribution in [0, 0.1) is 11.8 Å². The summed E-state index contributed by atoms with van der Waals surface area (Å²) in [6.07, 6.45) is 2.07. The summed E-state index contributed by atoms with van der Waals surface area (Å²) in [7, 11) is 1.90. The van der Waals surface area contributed by atoms with Gasteiger partial charge in [0.05, 0.1) is 6.54 Å². The lowest BCUT2D eigenvalue weighted by molar-refractivity contribution is 0.938. The molecule has 68 valence electrons. The number of rotatable bonds is 2. The van der Waals surface area contributed by atoms with Crippen LogP contribution in [-0.2, 0) is 0 Å². The largest absolute Gasteiger partial charge is 0.309 e. The quantitative estimate of drug-likeness (QED) is 0.566. The topological polar surface area (TPSA) is 12.0 Å². The zero-order valence-electron chi connectivity index (χ0n) is 7.92. The maximum absolute atomic E-state index is 3.13. The minimum Gasteiger partial charge on any atom is -0.309 e. The summed E-state index contributed by atoms with van der Waals surface area (Å²) in [6, 6.07) is 8.20. The second-order valence-electron chi connectivity index (χ2n) is 2.53. The lowest BCUT2D eigenvalue weighted by Gasteiger charge is -1.98. The summed E-state index contributed by atoms with van der Waals surface area (Å²) < 4.78 is 0. The van der Waals surface area contributed by atoms with Crippen LogP contribution < -0.4 is 5.32 Å². The zero-order valence-corrected chi connectivity index (χ0v) is 8.74. The van der Waals surface area contributed by atoms with E-state index in [-0.39, 0.29) is 0 Å². The molecule has 2 heteroatoms. The number of thioether (sulfide) groups is 1. The lowest BCUT2D eigenvalue weighted by atomic mass is 10.2. The Morgan fingerprint density at radius 3 is 2.85 bits per heavy atom. The summed E-state index contributed by atoms with van der Waals surface area (Å²) >= 11 is 1.73. The molecule has 13 heavy (non-hydrogen) atoms. The van der Waals surface area contributed by atoms with Gasteiger partial charge in [-0.1, -0.05) is 24.0 Å². The lowest BCUT2D eigenvalue weighted by Crippen LogP contribution is -2.04. The third-order valence-electron chi connectivity index (χ3n) is 1.60. The van der Waals surface area contributed by atoms with Gasteiger partial charge in [0.25, 0.3) is 0 Å². The molecule has 0 aromatic heterocycles. The minimum absolute atomic E-state index is 0.739. The molecule has 0 radical (unpaired) electrons.